The van der Waals surface area contributed by atoms with Crippen LogP contribution in [0.3, 0.4) is 0 Å². The summed E-state index contributed by atoms with van der Waals surface area (Å²) in [5, 5.41) is 6.04. The van der Waals surface area contributed by atoms with Crippen LogP contribution in [0.1, 0.15) is 26.2 Å². The number of rotatable bonds is 1. The average molecular weight is 211 g/mol. The van der Waals surface area contributed by atoms with Crippen molar-refractivity contribution in [3.8, 4) is 0 Å². The minimum atomic E-state index is -0.160. The van der Waals surface area contributed by atoms with Gasteiger partial charge in [0.25, 0.3) is 0 Å². The van der Waals surface area contributed by atoms with Gasteiger partial charge in [0, 0.05) is 12.6 Å². The Bertz CT molecular complexity index is 274. The van der Waals surface area contributed by atoms with Crippen molar-refractivity contribution in [1.82, 2.24) is 15.5 Å². The Morgan fingerprint density at radius 2 is 2.20 bits per heavy atom. The van der Waals surface area contributed by atoms with Crippen molar-refractivity contribution < 1.29 is 9.59 Å². The zero-order valence-corrected chi connectivity index (χ0v) is 8.95. The second kappa shape index (κ2) is 4.18. The van der Waals surface area contributed by atoms with E-state index in [1.807, 2.05) is 11.8 Å². The molecule has 0 bridgehead atoms. The maximum absolute atomic E-state index is 11.8. The second-order valence-electron chi connectivity index (χ2n) is 4.24. The van der Waals surface area contributed by atoms with Crippen LogP contribution >= 0.6 is 0 Å². The molecule has 2 aliphatic rings. The summed E-state index contributed by atoms with van der Waals surface area (Å²) >= 11 is 0. The Hall–Kier alpha value is -1.10. The Morgan fingerprint density at radius 1 is 1.40 bits per heavy atom. The van der Waals surface area contributed by atoms with Crippen LogP contribution in [0.25, 0.3) is 0 Å². The molecule has 0 saturated carbocycles. The number of nitrogens with one attached hydrogen (secondary N) is 2. The molecule has 84 valence electrons. The third-order valence-corrected chi connectivity index (χ3v) is 3.04. The molecular formula is C10H17N3O2. The minimum Gasteiger partial charge on any atom is -0.354 e. The molecule has 2 fully saturated rings. The van der Waals surface area contributed by atoms with Gasteiger partial charge in [-0.3, -0.25) is 14.9 Å². The number of amides is 2. The third-order valence-electron chi connectivity index (χ3n) is 3.04. The van der Waals surface area contributed by atoms with Crippen molar-refractivity contribution in [2.75, 3.05) is 13.1 Å². The normalized spacial score (nSPS) is 32.7. The lowest BCUT2D eigenvalue weighted by Crippen LogP contribution is -2.51. The molecule has 0 aromatic rings. The molecule has 2 unspecified atom stereocenters. The van der Waals surface area contributed by atoms with E-state index in [4.69, 9.17) is 0 Å². The molecular weight excluding hydrogens is 194 g/mol. The van der Waals surface area contributed by atoms with Gasteiger partial charge in [-0.05, 0) is 26.3 Å². The van der Waals surface area contributed by atoms with E-state index in [1.54, 1.807) is 0 Å². The van der Waals surface area contributed by atoms with E-state index in [-0.39, 0.29) is 30.4 Å². The van der Waals surface area contributed by atoms with Gasteiger partial charge in [0.15, 0.2) is 0 Å². The monoisotopic (exact) mass is 211 g/mol. The van der Waals surface area contributed by atoms with E-state index in [0.717, 1.165) is 19.4 Å². The van der Waals surface area contributed by atoms with Crippen LogP contribution in [-0.2, 0) is 9.59 Å². The van der Waals surface area contributed by atoms with Crippen molar-refractivity contribution in [3.63, 3.8) is 0 Å². The zero-order valence-electron chi connectivity index (χ0n) is 8.95. The highest BCUT2D eigenvalue weighted by Gasteiger charge is 2.33. The quantitative estimate of drug-likeness (QED) is 0.571. The zero-order chi connectivity index (χ0) is 10.8. The largest absolute Gasteiger partial charge is 0.354 e. The molecule has 2 N–H and O–H groups in total. The number of carbonyl (C=O) groups is 2. The van der Waals surface area contributed by atoms with Crippen molar-refractivity contribution in [3.05, 3.63) is 0 Å². The first-order chi connectivity index (χ1) is 7.18. The maximum Gasteiger partial charge on any atom is 0.233 e. The summed E-state index contributed by atoms with van der Waals surface area (Å²) in [5.74, 6) is -0.218. The van der Waals surface area contributed by atoms with E-state index in [0.29, 0.717) is 6.54 Å². The first-order valence-corrected chi connectivity index (χ1v) is 5.49. The first-order valence-electron chi connectivity index (χ1n) is 5.49. The second-order valence-corrected chi connectivity index (χ2v) is 4.24. The van der Waals surface area contributed by atoms with Crippen LogP contribution in [0, 0.1) is 0 Å². The molecule has 15 heavy (non-hydrogen) atoms. The molecule has 2 rings (SSSR count). The van der Waals surface area contributed by atoms with E-state index in [1.165, 1.54) is 0 Å². The summed E-state index contributed by atoms with van der Waals surface area (Å²) in [4.78, 5) is 24.9. The van der Waals surface area contributed by atoms with Gasteiger partial charge in [-0.25, -0.2) is 0 Å². The highest BCUT2D eigenvalue weighted by Crippen LogP contribution is 2.16. The average Bonchev–Trinajstić information content (AvgIpc) is 2.64. The molecule has 0 aromatic heterocycles. The van der Waals surface area contributed by atoms with Crippen molar-refractivity contribution >= 4 is 11.8 Å². The highest BCUT2D eigenvalue weighted by atomic mass is 16.2. The van der Waals surface area contributed by atoms with Gasteiger partial charge >= 0.3 is 0 Å². The van der Waals surface area contributed by atoms with Gasteiger partial charge in [0.2, 0.25) is 11.8 Å². The van der Waals surface area contributed by atoms with Crippen molar-refractivity contribution in [2.24, 2.45) is 0 Å². The van der Waals surface area contributed by atoms with Crippen LogP contribution < -0.4 is 10.6 Å². The number of hydrogen-bond acceptors (Lipinski definition) is 3. The summed E-state index contributed by atoms with van der Waals surface area (Å²) < 4.78 is 0. The summed E-state index contributed by atoms with van der Waals surface area (Å²) in [7, 11) is 0. The Labute approximate surface area is 89.2 Å². The lowest BCUT2D eigenvalue weighted by molar-refractivity contribution is -0.137. The van der Waals surface area contributed by atoms with Crippen LogP contribution in [0.4, 0.5) is 0 Å². The van der Waals surface area contributed by atoms with E-state index in [9.17, 15) is 9.59 Å². The molecule has 5 nitrogen and oxygen atoms in total. The number of carbonyl (C=O) groups excluding carboxylic acids is 2. The molecule has 2 heterocycles. The van der Waals surface area contributed by atoms with Crippen molar-refractivity contribution in [1.29, 1.82) is 0 Å². The standard InChI is InChI=1S/C10H17N3O2/c1-7-6-12-9(14)5-10(15)13(7)8-3-2-4-11-8/h7-8,11H,2-6H2,1H3,(H,12,14). The fourth-order valence-corrected chi connectivity index (χ4v) is 2.28. The highest BCUT2D eigenvalue weighted by molar-refractivity contribution is 5.97. The van der Waals surface area contributed by atoms with Gasteiger partial charge in [-0.15, -0.1) is 0 Å². The van der Waals surface area contributed by atoms with Gasteiger partial charge in [-0.2, -0.15) is 0 Å². The smallest absolute Gasteiger partial charge is 0.233 e. The predicted octanol–water partition coefficient (Wildman–Crippen LogP) is -0.567. The van der Waals surface area contributed by atoms with Crippen molar-refractivity contribution in [2.45, 2.75) is 38.4 Å². The fourth-order valence-electron chi connectivity index (χ4n) is 2.28. The summed E-state index contributed by atoms with van der Waals surface area (Å²) in [6.45, 7) is 3.49. The molecule has 2 aliphatic heterocycles. The number of nitrogens with zero attached hydrogens (tertiary/aromatic N) is 1. The summed E-state index contributed by atoms with van der Waals surface area (Å²) in [5.41, 5.74) is 0. The van der Waals surface area contributed by atoms with E-state index >= 15 is 0 Å². The summed E-state index contributed by atoms with van der Waals surface area (Å²) in [6.07, 6.45) is 2.20. The SMILES string of the molecule is CC1CNC(=O)CC(=O)N1C1CCCN1. The fraction of sp³-hybridized carbons (Fsp3) is 0.800. The lowest BCUT2D eigenvalue weighted by atomic mass is 10.2. The topological polar surface area (TPSA) is 61.4 Å². The van der Waals surface area contributed by atoms with E-state index in [2.05, 4.69) is 10.6 Å². The van der Waals surface area contributed by atoms with Crippen LogP contribution in [-0.4, -0.2) is 42.0 Å². The van der Waals surface area contributed by atoms with Crippen LogP contribution in [0.2, 0.25) is 0 Å². The van der Waals surface area contributed by atoms with Gasteiger partial charge in [0.05, 0.1) is 6.17 Å². The third kappa shape index (κ3) is 2.12. The van der Waals surface area contributed by atoms with Gasteiger partial charge in [0.1, 0.15) is 6.42 Å². The number of hydrogen-bond donors (Lipinski definition) is 2. The van der Waals surface area contributed by atoms with Crippen LogP contribution in [0.5, 0.6) is 0 Å². The van der Waals surface area contributed by atoms with Gasteiger partial charge < -0.3 is 10.2 Å². The molecule has 0 radical (unpaired) electrons. The van der Waals surface area contributed by atoms with Crippen LogP contribution in [0.15, 0.2) is 0 Å². The molecule has 0 aromatic carbocycles. The van der Waals surface area contributed by atoms with E-state index < -0.39 is 0 Å². The summed E-state index contributed by atoms with van der Waals surface area (Å²) in [6, 6.07) is 0.0829. The first kappa shape index (κ1) is 10.4. The molecule has 2 saturated heterocycles. The molecule has 2 amide bonds. The Balaban J connectivity index is 2.11. The Kier molecular flexibility index (Phi) is 2.90. The lowest BCUT2D eigenvalue weighted by Gasteiger charge is -2.32. The molecule has 0 aliphatic carbocycles. The minimum absolute atomic E-state index is 0.0114. The van der Waals surface area contributed by atoms with Gasteiger partial charge in [-0.1, -0.05) is 0 Å². The predicted molar refractivity (Wildman–Crippen MR) is 55.0 cm³/mol. The Morgan fingerprint density at radius 3 is 2.87 bits per heavy atom. The maximum atomic E-state index is 11.8. The molecule has 5 heteroatoms. The molecule has 0 spiro atoms. The molecule has 2 atom stereocenters.